The fraction of sp³-hybridized carbons (Fsp3) is 0.118. The summed E-state index contributed by atoms with van der Waals surface area (Å²) in [4.78, 5) is 4.74. The first-order valence-electron chi connectivity index (χ1n) is 6.91. The van der Waals surface area contributed by atoms with E-state index in [2.05, 4.69) is 0 Å². The SMILES string of the molecule is Cn1c(-c2cc3ccccc3o2)nc2c(CN)cccc21. The van der Waals surface area contributed by atoms with Gasteiger partial charge in [-0.3, -0.25) is 0 Å². The zero-order valence-electron chi connectivity index (χ0n) is 11.7. The maximum absolute atomic E-state index is 5.92. The summed E-state index contributed by atoms with van der Waals surface area (Å²) >= 11 is 0. The Balaban J connectivity index is 1.99. The highest BCUT2D eigenvalue weighted by molar-refractivity contribution is 5.86. The second kappa shape index (κ2) is 4.46. The molecule has 0 bridgehead atoms. The summed E-state index contributed by atoms with van der Waals surface area (Å²) in [5.74, 6) is 1.60. The quantitative estimate of drug-likeness (QED) is 0.610. The summed E-state index contributed by atoms with van der Waals surface area (Å²) in [5.41, 5.74) is 9.73. The maximum Gasteiger partial charge on any atom is 0.177 e. The first-order valence-corrected chi connectivity index (χ1v) is 6.91. The van der Waals surface area contributed by atoms with Crippen LogP contribution in [0.5, 0.6) is 0 Å². The minimum atomic E-state index is 0.480. The lowest BCUT2D eigenvalue weighted by Crippen LogP contribution is -1.97. The van der Waals surface area contributed by atoms with Crippen LogP contribution in [0.1, 0.15) is 5.56 Å². The fourth-order valence-electron chi connectivity index (χ4n) is 2.75. The van der Waals surface area contributed by atoms with Crippen molar-refractivity contribution in [2.45, 2.75) is 6.54 Å². The van der Waals surface area contributed by atoms with Crippen molar-refractivity contribution in [2.24, 2.45) is 12.8 Å². The van der Waals surface area contributed by atoms with Crippen molar-refractivity contribution in [3.63, 3.8) is 0 Å². The van der Waals surface area contributed by atoms with Gasteiger partial charge in [0.1, 0.15) is 5.58 Å². The zero-order chi connectivity index (χ0) is 14.4. The molecule has 2 aromatic heterocycles. The largest absolute Gasteiger partial charge is 0.453 e. The van der Waals surface area contributed by atoms with Gasteiger partial charge in [-0.2, -0.15) is 0 Å². The molecule has 0 fully saturated rings. The normalized spacial score (nSPS) is 11.5. The Morgan fingerprint density at radius 3 is 2.81 bits per heavy atom. The molecule has 21 heavy (non-hydrogen) atoms. The Hall–Kier alpha value is -2.59. The van der Waals surface area contributed by atoms with Crippen LogP contribution in [-0.2, 0) is 13.6 Å². The summed E-state index contributed by atoms with van der Waals surface area (Å²) in [6, 6.07) is 16.1. The van der Waals surface area contributed by atoms with Crippen molar-refractivity contribution in [1.29, 1.82) is 0 Å². The number of para-hydroxylation sites is 2. The topological polar surface area (TPSA) is 57.0 Å². The Morgan fingerprint density at radius 2 is 2.00 bits per heavy atom. The average molecular weight is 277 g/mol. The predicted molar refractivity (Wildman–Crippen MR) is 83.8 cm³/mol. The van der Waals surface area contributed by atoms with Gasteiger partial charge in [0.05, 0.1) is 11.0 Å². The number of nitrogens with two attached hydrogens (primary N) is 1. The van der Waals surface area contributed by atoms with Gasteiger partial charge in [0, 0.05) is 19.0 Å². The minimum absolute atomic E-state index is 0.480. The molecule has 0 radical (unpaired) electrons. The van der Waals surface area contributed by atoms with Gasteiger partial charge in [-0.1, -0.05) is 30.3 Å². The van der Waals surface area contributed by atoms with Crippen LogP contribution in [-0.4, -0.2) is 9.55 Å². The van der Waals surface area contributed by atoms with Crippen LogP contribution in [0.3, 0.4) is 0 Å². The van der Waals surface area contributed by atoms with Crippen molar-refractivity contribution in [3.8, 4) is 11.6 Å². The third-order valence-electron chi connectivity index (χ3n) is 3.86. The molecule has 0 aliphatic carbocycles. The van der Waals surface area contributed by atoms with Crippen molar-refractivity contribution < 1.29 is 4.42 Å². The van der Waals surface area contributed by atoms with Gasteiger partial charge in [0.15, 0.2) is 11.6 Å². The molecule has 4 nitrogen and oxygen atoms in total. The summed E-state index contributed by atoms with van der Waals surface area (Å²) in [6.45, 7) is 0.480. The van der Waals surface area contributed by atoms with Crippen LogP contribution < -0.4 is 5.73 Å². The van der Waals surface area contributed by atoms with E-state index in [4.69, 9.17) is 15.1 Å². The Morgan fingerprint density at radius 1 is 1.14 bits per heavy atom. The Labute approximate surface area is 121 Å². The highest BCUT2D eigenvalue weighted by Crippen LogP contribution is 2.30. The van der Waals surface area contributed by atoms with Crippen LogP contribution in [0.2, 0.25) is 0 Å². The average Bonchev–Trinajstić information content (AvgIpc) is 3.08. The van der Waals surface area contributed by atoms with E-state index >= 15 is 0 Å². The second-order valence-electron chi connectivity index (χ2n) is 5.13. The fourth-order valence-corrected chi connectivity index (χ4v) is 2.75. The second-order valence-corrected chi connectivity index (χ2v) is 5.13. The molecule has 0 unspecified atom stereocenters. The molecule has 0 aliphatic rings. The Kier molecular flexibility index (Phi) is 2.59. The lowest BCUT2D eigenvalue weighted by atomic mass is 10.2. The molecule has 2 aromatic carbocycles. The monoisotopic (exact) mass is 277 g/mol. The summed E-state index contributed by atoms with van der Waals surface area (Å²) in [7, 11) is 2.00. The van der Waals surface area contributed by atoms with Crippen molar-refractivity contribution >= 4 is 22.0 Å². The molecule has 4 aromatic rings. The number of aromatic nitrogens is 2. The van der Waals surface area contributed by atoms with Crippen LogP contribution in [0.15, 0.2) is 52.9 Å². The Bertz CT molecular complexity index is 916. The summed E-state index contributed by atoms with van der Waals surface area (Å²) in [5, 5.41) is 1.08. The lowest BCUT2D eigenvalue weighted by Gasteiger charge is -1.99. The molecule has 0 atom stereocenters. The van der Waals surface area contributed by atoms with E-state index < -0.39 is 0 Å². The van der Waals surface area contributed by atoms with E-state index in [0.717, 1.165) is 39.2 Å². The van der Waals surface area contributed by atoms with E-state index in [-0.39, 0.29) is 0 Å². The van der Waals surface area contributed by atoms with Gasteiger partial charge in [0.2, 0.25) is 0 Å². The molecular formula is C17H15N3O. The maximum atomic E-state index is 5.92. The van der Waals surface area contributed by atoms with Crippen LogP contribution in [0.25, 0.3) is 33.6 Å². The van der Waals surface area contributed by atoms with Gasteiger partial charge in [-0.05, 0) is 23.8 Å². The van der Waals surface area contributed by atoms with E-state index in [1.807, 2.05) is 60.1 Å². The summed E-state index contributed by atoms with van der Waals surface area (Å²) < 4.78 is 7.97. The van der Waals surface area contributed by atoms with Gasteiger partial charge < -0.3 is 14.7 Å². The molecule has 0 saturated carbocycles. The first-order chi connectivity index (χ1) is 10.3. The van der Waals surface area contributed by atoms with Gasteiger partial charge >= 0.3 is 0 Å². The number of aryl methyl sites for hydroxylation is 1. The highest BCUT2D eigenvalue weighted by atomic mass is 16.3. The molecule has 4 heteroatoms. The third-order valence-corrected chi connectivity index (χ3v) is 3.86. The number of nitrogens with zero attached hydrogens (tertiary/aromatic N) is 2. The van der Waals surface area contributed by atoms with E-state index in [1.54, 1.807) is 0 Å². The van der Waals surface area contributed by atoms with Crippen molar-refractivity contribution in [3.05, 3.63) is 54.1 Å². The molecule has 0 spiro atoms. The van der Waals surface area contributed by atoms with Crippen LogP contribution in [0.4, 0.5) is 0 Å². The van der Waals surface area contributed by atoms with Crippen molar-refractivity contribution in [1.82, 2.24) is 9.55 Å². The number of hydrogen-bond acceptors (Lipinski definition) is 3. The molecular weight excluding hydrogens is 262 g/mol. The lowest BCUT2D eigenvalue weighted by molar-refractivity contribution is 0.621. The third kappa shape index (κ3) is 1.76. The zero-order valence-corrected chi connectivity index (χ0v) is 11.7. The molecule has 2 heterocycles. The molecule has 104 valence electrons. The predicted octanol–water partition coefficient (Wildman–Crippen LogP) is 3.45. The molecule has 0 aliphatic heterocycles. The van der Waals surface area contributed by atoms with Gasteiger partial charge in [-0.15, -0.1) is 0 Å². The van der Waals surface area contributed by atoms with Crippen LogP contribution in [0, 0.1) is 0 Å². The number of fused-ring (bicyclic) bond motifs is 2. The molecule has 0 amide bonds. The number of imidazole rings is 1. The number of furan rings is 1. The number of rotatable bonds is 2. The van der Waals surface area contributed by atoms with Gasteiger partial charge in [0.25, 0.3) is 0 Å². The van der Waals surface area contributed by atoms with Gasteiger partial charge in [-0.25, -0.2) is 4.98 Å². The van der Waals surface area contributed by atoms with Crippen molar-refractivity contribution in [2.75, 3.05) is 0 Å². The standard InChI is InChI=1S/C17H15N3O/c1-20-13-7-4-6-12(10-18)16(13)19-17(20)15-9-11-5-2-3-8-14(11)21-15/h2-9H,10,18H2,1H3. The highest BCUT2D eigenvalue weighted by Gasteiger charge is 2.15. The van der Waals surface area contributed by atoms with E-state index in [9.17, 15) is 0 Å². The van der Waals surface area contributed by atoms with E-state index in [1.165, 1.54) is 0 Å². The summed E-state index contributed by atoms with van der Waals surface area (Å²) in [6.07, 6.45) is 0. The van der Waals surface area contributed by atoms with Crippen LogP contribution >= 0.6 is 0 Å². The minimum Gasteiger partial charge on any atom is -0.453 e. The molecule has 0 saturated heterocycles. The molecule has 4 rings (SSSR count). The first kappa shape index (κ1) is 12.2. The van der Waals surface area contributed by atoms with E-state index in [0.29, 0.717) is 6.54 Å². The number of hydrogen-bond donors (Lipinski definition) is 1. The molecule has 2 N–H and O–H groups in total. The smallest absolute Gasteiger partial charge is 0.177 e. The number of benzene rings is 2.